The van der Waals surface area contributed by atoms with Crippen LogP contribution >= 0.6 is 0 Å². The van der Waals surface area contributed by atoms with Crippen molar-refractivity contribution in [3.05, 3.63) is 95.8 Å². The fraction of sp³-hybridized carbons (Fsp3) is 0.208. The van der Waals surface area contributed by atoms with E-state index in [2.05, 4.69) is 4.72 Å². The number of carbonyl (C=O) groups is 1. The summed E-state index contributed by atoms with van der Waals surface area (Å²) in [5.74, 6) is -0.607. The summed E-state index contributed by atoms with van der Waals surface area (Å²) in [6.45, 7) is 0.273. The minimum absolute atomic E-state index is 0.125. The molecule has 0 radical (unpaired) electrons. The van der Waals surface area contributed by atoms with E-state index < -0.39 is 32.7 Å². The summed E-state index contributed by atoms with van der Waals surface area (Å²) in [6.07, 6.45) is 0.125. The molecule has 0 fully saturated rings. The van der Waals surface area contributed by atoms with E-state index >= 15 is 0 Å². The van der Waals surface area contributed by atoms with Gasteiger partial charge in [-0.25, -0.2) is 12.8 Å². The Labute approximate surface area is 187 Å². The second-order valence-corrected chi connectivity index (χ2v) is 9.02. The summed E-state index contributed by atoms with van der Waals surface area (Å²) in [5.41, 5.74) is 1.64. The number of benzene rings is 3. The van der Waals surface area contributed by atoms with E-state index in [0.717, 1.165) is 17.2 Å². The van der Waals surface area contributed by atoms with Crippen molar-refractivity contribution < 1.29 is 22.3 Å². The number of hydrogen-bond acceptors (Lipinski definition) is 4. The smallest absolute Gasteiger partial charge is 0.244 e. The third kappa shape index (κ3) is 5.93. The molecule has 168 valence electrons. The fourth-order valence-corrected chi connectivity index (χ4v) is 4.56. The number of likely N-dealkylation sites (N-methyl/N-ethyl adjacent to an activating group) is 1. The predicted octanol–water partition coefficient (Wildman–Crippen LogP) is 3.38. The molecule has 0 spiro atoms. The van der Waals surface area contributed by atoms with Gasteiger partial charge in [0.15, 0.2) is 0 Å². The first-order valence-corrected chi connectivity index (χ1v) is 11.5. The number of carbonyl (C=O) groups excluding carboxylic acids is 1. The number of nitrogens with zero attached hydrogens (tertiary/aromatic N) is 1. The van der Waals surface area contributed by atoms with Crippen molar-refractivity contribution in [3.63, 3.8) is 0 Å². The maximum atomic E-state index is 14.1. The average molecular weight is 457 g/mol. The van der Waals surface area contributed by atoms with Crippen LogP contribution in [0.5, 0.6) is 5.75 Å². The number of sulfonamides is 1. The fourth-order valence-electron chi connectivity index (χ4n) is 3.29. The molecule has 1 N–H and O–H groups in total. The van der Waals surface area contributed by atoms with Gasteiger partial charge in [0.2, 0.25) is 15.9 Å². The number of hydrogen-bond donors (Lipinski definition) is 1. The summed E-state index contributed by atoms with van der Waals surface area (Å²) < 4.78 is 47.4. The summed E-state index contributed by atoms with van der Waals surface area (Å²) in [4.78, 5) is 14.2. The third-order valence-corrected chi connectivity index (χ3v) is 6.46. The molecule has 0 aliphatic carbocycles. The molecule has 0 aromatic heterocycles. The number of amides is 1. The summed E-state index contributed by atoms with van der Waals surface area (Å²) in [5, 5.41) is 0. The van der Waals surface area contributed by atoms with Gasteiger partial charge in [-0.3, -0.25) is 4.79 Å². The molecule has 0 saturated heterocycles. The van der Waals surface area contributed by atoms with E-state index in [1.165, 1.54) is 23.1 Å². The molecular formula is C24H25FN2O4S. The van der Waals surface area contributed by atoms with Crippen molar-refractivity contribution in [2.24, 2.45) is 0 Å². The summed E-state index contributed by atoms with van der Waals surface area (Å²) in [7, 11) is -1.09. The Hall–Kier alpha value is -3.23. The van der Waals surface area contributed by atoms with Gasteiger partial charge in [-0.1, -0.05) is 54.6 Å². The normalized spacial score (nSPS) is 12.2. The second kappa shape index (κ2) is 10.4. The van der Waals surface area contributed by atoms with Crippen LogP contribution in [-0.4, -0.2) is 39.4 Å². The van der Waals surface area contributed by atoms with E-state index in [1.54, 1.807) is 38.4 Å². The molecule has 0 saturated carbocycles. The molecule has 1 amide bonds. The Bertz CT molecular complexity index is 1150. The third-order valence-electron chi connectivity index (χ3n) is 4.96. The topological polar surface area (TPSA) is 75.7 Å². The minimum atomic E-state index is -4.26. The highest BCUT2D eigenvalue weighted by Gasteiger charge is 2.29. The zero-order valence-electron chi connectivity index (χ0n) is 17.9. The number of rotatable bonds is 9. The lowest BCUT2D eigenvalue weighted by Gasteiger charge is -2.25. The highest BCUT2D eigenvalue weighted by molar-refractivity contribution is 7.89. The number of methoxy groups -OCH3 is 1. The molecule has 32 heavy (non-hydrogen) atoms. The summed E-state index contributed by atoms with van der Waals surface area (Å²) >= 11 is 0. The molecule has 8 heteroatoms. The number of ether oxygens (including phenoxy) is 1. The zero-order chi connectivity index (χ0) is 23.1. The molecule has 0 heterocycles. The van der Waals surface area contributed by atoms with Crippen molar-refractivity contribution in [3.8, 4) is 5.75 Å². The molecule has 0 aliphatic heterocycles. The maximum absolute atomic E-state index is 14.1. The zero-order valence-corrected chi connectivity index (χ0v) is 18.7. The van der Waals surface area contributed by atoms with Gasteiger partial charge in [0.1, 0.15) is 22.5 Å². The van der Waals surface area contributed by atoms with Crippen LogP contribution in [0.3, 0.4) is 0 Å². The first-order chi connectivity index (χ1) is 15.3. The molecule has 1 unspecified atom stereocenters. The maximum Gasteiger partial charge on any atom is 0.244 e. The van der Waals surface area contributed by atoms with Crippen molar-refractivity contribution in [2.45, 2.75) is 23.9 Å². The van der Waals surface area contributed by atoms with E-state index in [0.29, 0.717) is 5.75 Å². The monoisotopic (exact) mass is 456 g/mol. The van der Waals surface area contributed by atoms with Gasteiger partial charge in [-0.15, -0.1) is 0 Å². The van der Waals surface area contributed by atoms with Crippen LogP contribution in [0.1, 0.15) is 11.1 Å². The largest absolute Gasteiger partial charge is 0.497 e. The van der Waals surface area contributed by atoms with Gasteiger partial charge >= 0.3 is 0 Å². The first kappa shape index (κ1) is 23.4. The standard InChI is InChI=1S/C24H25FN2O4S/c1-27(17-19-12-14-20(31-2)15-13-19)24(28)22(16-18-8-4-3-5-9-18)26-32(29,30)23-11-7-6-10-21(23)25/h3-15,22,26H,16-17H2,1-2H3. The van der Waals surface area contributed by atoms with E-state index in [-0.39, 0.29) is 13.0 Å². The Morgan fingerprint density at radius 3 is 2.22 bits per heavy atom. The molecule has 1 atom stereocenters. The lowest BCUT2D eigenvalue weighted by molar-refractivity contribution is -0.132. The van der Waals surface area contributed by atoms with Crippen LogP contribution in [0, 0.1) is 5.82 Å². The van der Waals surface area contributed by atoms with Gasteiger partial charge in [-0.05, 0) is 41.8 Å². The van der Waals surface area contributed by atoms with Crippen LogP contribution in [0.4, 0.5) is 4.39 Å². The summed E-state index contributed by atoms with van der Waals surface area (Å²) in [6, 6.07) is 20.3. The number of nitrogens with one attached hydrogen (secondary N) is 1. The van der Waals surface area contributed by atoms with Gasteiger partial charge in [0.05, 0.1) is 7.11 Å². The van der Waals surface area contributed by atoms with Crippen LogP contribution in [0.2, 0.25) is 0 Å². The molecule has 3 rings (SSSR count). The minimum Gasteiger partial charge on any atom is -0.497 e. The molecule has 6 nitrogen and oxygen atoms in total. The Kier molecular flexibility index (Phi) is 7.61. The van der Waals surface area contributed by atoms with Crippen molar-refractivity contribution in [1.29, 1.82) is 0 Å². The molecule has 0 bridgehead atoms. The predicted molar refractivity (Wildman–Crippen MR) is 120 cm³/mol. The van der Waals surface area contributed by atoms with Gasteiger partial charge in [-0.2, -0.15) is 4.72 Å². The lowest BCUT2D eigenvalue weighted by Crippen LogP contribution is -2.48. The van der Waals surface area contributed by atoms with Crippen LogP contribution in [0.25, 0.3) is 0 Å². The second-order valence-electron chi connectivity index (χ2n) is 7.34. The molecule has 0 aliphatic rings. The highest BCUT2D eigenvalue weighted by atomic mass is 32.2. The Morgan fingerprint density at radius 1 is 0.969 bits per heavy atom. The van der Waals surface area contributed by atoms with Gasteiger partial charge in [0, 0.05) is 13.6 Å². The quantitative estimate of drug-likeness (QED) is 0.536. The average Bonchev–Trinajstić information content (AvgIpc) is 2.79. The van der Waals surface area contributed by atoms with Crippen LogP contribution in [-0.2, 0) is 27.8 Å². The number of halogens is 1. The van der Waals surface area contributed by atoms with Gasteiger partial charge < -0.3 is 9.64 Å². The first-order valence-electron chi connectivity index (χ1n) is 9.99. The van der Waals surface area contributed by atoms with Crippen LogP contribution < -0.4 is 9.46 Å². The van der Waals surface area contributed by atoms with E-state index in [1.807, 2.05) is 30.3 Å². The van der Waals surface area contributed by atoms with Crippen molar-refractivity contribution in [2.75, 3.05) is 14.2 Å². The molecule has 3 aromatic rings. The Morgan fingerprint density at radius 2 is 1.59 bits per heavy atom. The molecule has 3 aromatic carbocycles. The van der Waals surface area contributed by atoms with Gasteiger partial charge in [0.25, 0.3) is 0 Å². The van der Waals surface area contributed by atoms with Crippen molar-refractivity contribution >= 4 is 15.9 Å². The highest BCUT2D eigenvalue weighted by Crippen LogP contribution is 2.17. The van der Waals surface area contributed by atoms with E-state index in [4.69, 9.17) is 4.74 Å². The molecular weight excluding hydrogens is 431 g/mol. The van der Waals surface area contributed by atoms with Crippen molar-refractivity contribution in [1.82, 2.24) is 9.62 Å². The van der Waals surface area contributed by atoms with E-state index in [9.17, 15) is 17.6 Å². The lowest BCUT2D eigenvalue weighted by atomic mass is 10.1. The van der Waals surface area contributed by atoms with Crippen LogP contribution in [0.15, 0.2) is 83.8 Å². The SMILES string of the molecule is COc1ccc(CN(C)C(=O)C(Cc2ccccc2)NS(=O)(=O)c2ccccc2F)cc1. The Balaban J connectivity index is 1.84.